The molecule has 1 amide bonds. The molecule has 1 N–H and O–H groups in total. The van der Waals surface area contributed by atoms with Crippen molar-refractivity contribution in [2.45, 2.75) is 6.92 Å². The van der Waals surface area contributed by atoms with E-state index in [0.717, 1.165) is 0 Å². The predicted molar refractivity (Wildman–Crippen MR) is 91.8 cm³/mol. The molecule has 0 unspecified atom stereocenters. The summed E-state index contributed by atoms with van der Waals surface area (Å²) in [6.07, 6.45) is 0. The van der Waals surface area contributed by atoms with Crippen LogP contribution in [0.15, 0.2) is 36.4 Å². The Hall–Kier alpha value is -3.22. The Labute approximate surface area is 145 Å². The van der Waals surface area contributed by atoms with Crippen molar-refractivity contribution >= 4 is 17.6 Å². The van der Waals surface area contributed by atoms with Crippen LogP contribution in [0.1, 0.15) is 17.3 Å². The zero-order valence-electron chi connectivity index (χ0n) is 14.4. The molecule has 0 radical (unpaired) electrons. The van der Waals surface area contributed by atoms with Crippen LogP contribution in [-0.2, 0) is 4.79 Å². The lowest BCUT2D eigenvalue weighted by molar-refractivity contribution is -0.131. The second-order valence-electron chi connectivity index (χ2n) is 4.99. The van der Waals surface area contributed by atoms with E-state index in [2.05, 4.69) is 5.32 Å². The summed E-state index contributed by atoms with van der Waals surface area (Å²) in [5.74, 6) is 0.683. The number of esters is 1. The van der Waals surface area contributed by atoms with Crippen LogP contribution in [0.25, 0.3) is 0 Å². The van der Waals surface area contributed by atoms with Gasteiger partial charge in [-0.2, -0.15) is 0 Å². The number of carbonyl (C=O) groups is 2. The summed E-state index contributed by atoms with van der Waals surface area (Å²) in [6.45, 7) is 1.31. The minimum atomic E-state index is -0.437. The van der Waals surface area contributed by atoms with E-state index in [0.29, 0.717) is 34.2 Å². The molecule has 132 valence electrons. The molecule has 0 aromatic heterocycles. The summed E-state index contributed by atoms with van der Waals surface area (Å²) in [5.41, 5.74) is 0.810. The summed E-state index contributed by atoms with van der Waals surface area (Å²) in [4.78, 5) is 23.5. The zero-order valence-corrected chi connectivity index (χ0v) is 14.4. The van der Waals surface area contributed by atoms with E-state index < -0.39 is 5.97 Å². The van der Waals surface area contributed by atoms with Gasteiger partial charge in [0.05, 0.1) is 21.3 Å². The average molecular weight is 345 g/mol. The molecule has 25 heavy (non-hydrogen) atoms. The van der Waals surface area contributed by atoms with Crippen molar-refractivity contribution in [2.24, 2.45) is 0 Å². The van der Waals surface area contributed by atoms with E-state index in [9.17, 15) is 9.59 Å². The quantitative estimate of drug-likeness (QED) is 0.640. The number of nitrogens with one attached hydrogen (secondary N) is 1. The van der Waals surface area contributed by atoms with Crippen LogP contribution < -0.4 is 24.3 Å². The highest BCUT2D eigenvalue weighted by atomic mass is 16.5. The van der Waals surface area contributed by atoms with Gasteiger partial charge in [-0.3, -0.25) is 9.59 Å². The molecule has 2 aromatic rings. The topological polar surface area (TPSA) is 83.1 Å². The van der Waals surface area contributed by atoms with Gasteiger partial charge in [-0.25, -0.2) is 0 Å². The SMILES string of the molecule is COc1cc(C(=O)Nc2cccc(OC(C)=O)c2)cc(OC)c1OC. The molecular weight excluding hydrogens is 326 g/mol. The Bertz CT molecular complexity index is 762. The van der Waals surface area contributed by atoms with Gasteiger partial charge in [-0.1, -0.05) is 6.07 Å². The molecule has 0 saturated heterocycles. The number of ether oxygens (including phenoxy) is 4. The van der Waals surface area contributed by atoms with Crippen LogP contribution in [0.5, 0.6) is 23.0 Å². The maximum absolute atomic E-state index is 12.5. The van der Waals surface area contributed by atoms with Crippen LogP contribution in [0, 0.1) is 0 Å². The highest BCUT2D eigenvalue weighted by Gasteiger charge is 2.17. The van der Waals surface area contributed by atoms with Crippen molar-refractivity contribution in [2.75, 3.05) is 26.6 Å². The molecule has 7 nitrogen and oxygen atoms in total. The molecule has 0 aliphatic carbocycles. The normalized spacial score (nSPS) is 9.92. The number of amides is 1. The van der Waals surface area contributed by atoms with E-state index in [-0.39, 0.29) is 5.91 Å². The first-order valence-electron chi connectivity index (χ1n) is 7.38. The molecule has 0 saturated carbocycles. The first kappa shape index (κ1) is 18.1. The third-order valence-electron chi connectivity index (χ3n) is 3.28. The fraction of sp³-hybridized carbons (Fsp3) is 0.222. The molecule has 0 aliphatic rings. The molecule has 7 heteroatoms. The number of methoxy groups -OCH3 is 3. The molecule has 2 aromatic carbocycles. The van der Waals surface area contributed by atoms with E-state index >= 15 is 0 Å². The Kier molecular flexibility index (Phi) is 5.84. The highest BCUT2D eigenvalue weighted by Crippen LogP contribution is 2.38. The van der Waals surface area contributed by atoms with E-state index in [4.69, 9.17) is 18.9 Å². The maximum Gasteiger partial charge on any atom is 0.308 e. The minimum absolute atomic E-state index is 0.326. The van der Waals surface area contributed by atoms with Gasteiger partial charge in [-0.05, 0) is 24.3 Å². The third-order valence-corrected chi connectivity index (χ3v) is 3.28. The molecule has 0 spiro atoms. The largest absolute Gasteiger partial charge is 0.493 e. The van der Waals surface area contributed by atoms with Gasteiger partial charge in [0, 0.05) is 24.2 Å². The number of benzene rings is 2. The summed E-state index contributed by atoms with van der Waals surface area (Å²) >= 11 is 0. The Morgan fingerprint density at radius 3 is 2.08 bits per heavy atom. The van der Waals surface area contributed by atoms with Crippen molar-refractivity contribution in [1.29, 1.82) is 0 Å². The van der Waals surface area contributed by atoms with Crippen molar-refractivity contribution in [3.8, 4) is 23.0 Å². The molecule has 0 bridgehead atoms. The van der Waals surface area contributed by atoms with Crippen molar-refractivity contribution < 1.29 is 28.5 Å². The van der Waals surface area contributed by atoms with E-state index in [1.54, 1.807) is 36.4 Å². The van der Waals surface area contributed by atoms with Gasteiger partial charge in [0.25, 0.3) is 5.91 Å². The van der Waals surface area contributed by atoms with Crippen molar-refractivity contribution in [3.63, 3.8) is 0 Å². The van der Waals surface area contributed by atoms with Gasteiger partial charge in [-0.15, -0.1) is 0 Å². The molecule has 0 atom stereocenters. The molecule has 0 heterocycles. The van der Waals surface area contributed by atoms with Crippen LogP contribution in [0.3, 0.4) is 0 Å². The smallest absolute Gasteiger partial charge is 0.308 e. The Morgan fingerprint density at radius 2 is 1.56 bits per heavy atom. The number of carbonyl (C=O) groups excluding carboxylic acids is 2. The Balaban J connectivity index is 2.28. The number of hydrogen-bond donors (Lipinski definition) is 1. The monoisotopic (exact) mass is 345 g/mol. The first-order valence-corrected chi connectivity index (χ1v) is 7.38. The van der Waals surface area contributed by atoms with Crippen LogP contribution >= 0.6 is 0 Å². The lowest BCUT2D eigenvalue weighted by Crippen LogP contribution is -2.13. The zero-order chi connectivity index (χ0) is 18.4. The molecular formula is C18H19NO6. The van der Waals surface area contributed by atoms with Crippen molar-refractivity contribution in [3.05, 3.63) is 42.0 Å². The summed E-state index contributed by atoms with van der Waals surface area (Å²) < 4.78 is 20.7. The van der Waals surface area contributed by atoms with Gasteiger partial charge in [0.15, 0.2) is 11.5 Å². The standard InChI is InChI=1S/C18H19NO6/c1-11(20)25-14-7-5-6-13(10-14)19-18(21)12-8-15(22-2)17(24-4)16(9-12)23-3/h5-10H,1-4H3,(H,19,21). The lowest BCUT2D eigenvalue weighted by Gasteiger charge is -2.14. The van der Waals surface area contributed by atoms with Crippen LogP contribution in [0.2, 0.25) is 0 Å². The summed E-state index contributed by atoms with van der Waals surface area (Å²) in [7, 11) is 4.43. The fourth-order valence-corrected chi connectivity index (χ4v) is 2.22. The van der Waals surface area contributed by atoms with Crippen LogP contribution in [0.4, 0.5) is 5.69 Å². The number of anilines is 1. The average Bonchev–Trinajstić information content (AvgIpc) is 2.59. The molecule has 0 fully saturated rings. The van der Waals surface area contributed by atoms with Crippen LogP contribution in [-0.4, -0.2) is 33.2 Å². The summed E-state index contributed by atoms with van der Waals surface area (Å²) in [5, 5.41) is 2.73. The van der Waals surface area contributed by atoms with Crippen molar-refractivity contribution in [1.82, 2.24) is 0 Å². The minimum Gasteiger partial charge on any atom is -0.493 e. The second-order valence-corrected chi connectivity index (χ2v) is 4.99. The van der Waals surface area contributed by atoms with Gasteiger partial charge >= 0.3 is 5.97 Å². The first-order chi connectivity index (χ1) is 12.0. The lowest BCUT2D eigenvalue weighted by atomic mass is 10.1. The van der Waals surface area contributed by atoms with Gasteiger partial charge < -0.3 is 24.3 Å². The van der Waals surface area contributed by atoms with Gasteiger partial charge in [0.2, 0.25) is 5.75 Å². The third kappa shape index (κ3) is 4.41. The molecule has 2 rings (SSSR count). The van der Waals surface area contributed by atoms with E-state index in [1.807, 2.05) is 0 Å². The number of hydrogen-bond acceptors (Lipinski definition) is 6. The second kappa shape index (κ2) is 8.05. The Morgan fingerprint density at radius 1 is 0.920 bits per heavy atom. The predicted octanol–water partition coefficient (Wildman–Crippen LogP) is 2.89. The number of rotatable bonds is 6. The van der Waals surface area contributed by atoms with E-state index in [1.165, 1.54) is 28.3 Å². The fourth-order valence-electron chi connectivity index (χ4n) is 2.22. The highest BCUT2D eigenvalue weighted by molar-refractivity contribution is 6.05. The summed E-state index contributed by atoms with van der Waals surface area (Å²) in [6, 6.07) is 9.62. The van der Waals surface area contributed by atoms with Gasteiger partial charge in [0.1, 0.15) is 5.75 Å². The molecule has 0 aliphatic heterocycles. The maximum atomic E-state index is 12.5.